The van der Waals surface area contributed by atoms with Crippen molar-refractivity contribution in [3.63, 3.8) is 0 Å². The molecule has 276 valence electrons. The molecule has 6 aromatic carbocycles. The van der Waals surface area contributed by atoms with E-state index in [4.69, 9.17) is 3.63 Å². The Bertz CT molecular complexity index is 1280. The Balaban J connectivity index is 0.00000189. The van der Waals surface area contributed by atoms with E-state index in [9.17, 15) is 0 Å². The van der Waals surface area contributed by atoms with Crippen molar-refractivity contribution in [3.8, 4) is 0 Å². The molecule has 0 bridgehead atoms. The molecule has 0 aliphatic heterocycles. The zero-order chi connectivity index (χ0) is 38.4. The van der Waals surface area contributed by atoms with Crippen LogP contribution in [0.4, 0.5) is 0 Å². The fourth-order valence-corrected chi connectivity index (χ4v) is 12.9. The fraction of sp³-hybridized carbons (Fsp3) is 0.250. The van der Waals surface area contributed by atoms with Gasteiger partial charge in [0.15, 0.2) is 0 Å². The lowest BCUT2D eigenvalue weighted by Crippen LogP contribution is -2.14. The highest BCUT2D eigenvalue weighted by molar-refractivity contribution is 8.42. The quantitative estimate of drug-likeness (QED) is 0.152. The highest BCUT2D eigenvalue weighted by Gasteiger charge is 2.43. The van der Waals surface area contributed by atoms with Gasteiger partial charge in [-0.3, -0.25) is 3.63 Å². The summed E-state index contributed by atoms with van der Waals surface area (Å²) in [6.07, 6.45) is 0. The molecule has 0 unspecified atom stereocenters. The Morgan fingerprint density at radius 1 is 0.216 bits per heavy atom. The van der Waals surface area contributed by atoms with Crippen LogP contribution in [-0.4, -0.2) is 0 Å². The maximum Gasteiger partial charge on any atom is 0.0227 e. The van der Waals surface area contributed by atoms with Crippen molar-refractivity contribution < 1.29 is 3.63 Å². The third-order valence-corrected chi connectivity index (χ3v) is 13.9. The molecule has 51 heavy (non-hydrogen) atoms. The van der Waals surface area contributed by atoms with Crippen LogP contribution in [0.2, 0.25) is 0 Å². The van der Waals surface area contributed by atoms with Crippen LogP contribution in [0.5, 0.6) is 0 Å². The minimum atomic E-state index is -2.20. The average molecular weight is 723 g/mol. The number of hydrogen-bond acceptors (Lipinski definition) is 1. The molecule has 0 amide bonds. The van der Waals surface area contributed by atoms with Crippen LogP contribution in [-0.2, 0) is 3.63 Å². The average Bonchev–Trinajstić information content (AvgIpc) is 3.28. The monoisotopic (exact) mass is 722 g/mol. The first-order valence-electron chi connectivity index (χ1n) is 19.0. The van der Waals surface area contributed by atoms with Crippen molar-refractivity contribution in [1.82, 2.24) is 0 Å². The van der Waals surface area contributed by atoms with Crippen LogP contribution >= 0.6 is 20.6 Å². The maximum absolute atomic E-state index is 8.11. The number of rotatable bonds is 8. The van der Waals surface area contributed by atoms with Crippen molar-refractivity contribution in [1.29, 1.82) is 0 Å². The van der Waals surface area contributed by atoms with Gasteiger partial charge in [0.25, 0.3) is 0 Å². The molecule has 0 fully saturated rings. The summed E-state index contributed by atoms with van der Waals surface area (Å²) < 4.78 is 8.11. The predicted molar refractivity (Wildman–Crippen MR) is 233 cm³/mol. The third-order valence-electron chi connectivity index (χ3n) is 6.65. The molecule has 0 radical (unpaired) electrons. The van der Waals surface area contributed by atoms with Crippen LogP contribution in [0.25, 0.3) is 0 Å². The van der Waals surface area contributed by atoms with Gasteiger partial charge in [-0.15, -0.1) is 0 Å². The number of benzene rings is 6. The van der Waals surface area contributed by atoms with E-state index in [0.717, 1.165) is 0 Å². The first-order valence-corrected chi connectivity index (χ1v) is 22.1. The summed E-state index contributed by atoms with van der Waals surface area (Å²) in [6.45, 7) is 24.0. The van der Waals surface area contributed by atoms with Crippen molar-refractivity contribution in [2.45, 2.75) is 112 Å². The Labute approximate surface area is 317 Å². The molecule has 0 heterocycles. The maximum atomic E-state index is 8.11. The summed E-state index contributed by atoms with van der Waals surface area (Å²) in [6, 6.07) is 64.6. The smallest absolute Gasteiger partial charge is 0.0227 e. The first-order chi connectivity index (χ1) is 25.3. The second-order valence-electron chi connectivity index (χ2n) is 9.06. The van der Waals surface area contributed by atoms with Gasteiger partial charge in [-0.25, -0.2) is 0 Å². The van der Waals surface area contributed by atoms with Gasteiger partial charge in [0.1, 0.15) is 0 Å². The Hall–Kier alpha value is -4.02. The van der Waals surface area contributed by atoms with Crippen LogP contribution < -0.4 is 0 Å². The molecular formula is C48H66OS2. The van der Waals surface area contributed by atoms with E-state index in [2.05, 4.69) is 182 Å². The predicted octanol–water partition coefficient (Wildman–Crippen LogP) is 17.0. The summed E-state index contributed by atoms with van der Waals surface area (Å²) >= 11 is 0. The van der Waals surface area contributed by atoms with E-state index in [-0.39, 0.29) is 0 Å². The summed E-state index contributed by atoms with van der Waals surface area (Å²) in [4.78, 5) is 7.01. The second-order valence-corrected chi connectivity index (χ2v) is 14.7. The lowest BCUT2D eigenvalue weighted by atomic mass is 10.4. The molecule has 6 aromatic rings. The zero-order valence-corrected chi connectivity index (χ0v) is 35.2. The minimum Gasteiger partial charge on any atom is -0.264 e. The molecule has 3 heteroatoms. The highest BCUT2D eigenvalue weighted by atomic mass is 32.3. The van der Waals surface area contributed by atoms with Crippen molar-refractivity contribution in [3.05, 3.63) is 182 Å². The summed E-state index contributed by atoms with van der Waals surface area (Å²) in [5.41, 5.74) is 0. The molecule has 1 nitrogen and oxygen atoms in total. The molecule has 0 saturated carbocycles. The largest absolute Gasteiger partial charge is 0.264 e. The molecule has 0 N–H and O–H groups in total. The minimum absolute atomic E-state index is 1.17. The van der Waals surface area contributed by atoms with Gasteiger partial charge >= 0.3 is 0 Å². The van der Waals surface area contributed by atoms with Crippen LogP contribution in [0.3, 0.4) is 0 Å². The van der Waals surface area contributed by atoms with E-state index >= 15 is 0 Å². The SMILES string of the molecule is CC.CC.CC.CC.CC.CC.c1ccc(S(OS(c2ccccc2)(c2ccccc2)c2ccccc2)(c2ccccc2)c2ccccc2)cc1. The standard InChI is InChI=1S/C36H30OS2.6C2H6/c1-7-19-31(20-8-1)38(32-21-9-2-10-22-32,33-23-11-3-12-24-33)37-39(34-25-13-4-14-26-34,35-27-15-5-16-28-35)36-29-17-6-18-30-36;6*1-2/h1-30H;6*1-2H3. The molecule has 0 spiro atoms. The number of hydrogen-bond donors (Lipinski definition) is 0. The van der Waals surface area contributed by atoms with Gasteiger partial charge in [-0.05, 0) is 93.4 Å². The molecule has 0 aliphatic carbocycles. The van der Waals surface area contributed by atoms with E-state index in [1.54, 1.807) is 0 Å². The summed E-state index contributed by atoms with van der Waals surface area (Å²) in [5, 5.41) is 0. The Morgan fingerprint density at radius 2 is 0.333 bits per heavy atom. The summed E-state index contributed by atoms with van der Waals surface area (Å²) in [5.74, 6) is 0. The van der Waals surface area contributed by atoms with Crippen LogP contribution in [0, 0.1) is 0 Å². The van der Waals surface area contributed by atoms with Gasteiger partial charge in [-0.2, -0.15) is 0 Å². The van der Waals surface area contributed by atoms with Crippen LogP contribution in [0.1, 0.15) is 83.1 Å². The van der Waals surface area contributed by atoms with Crippen LogP contribution in [0.15, 0.2) is 211 Å². The van der Waals surface area contributed by atoms with Gasteiger partial charge in [-0.1, -0.05) is 192 Å². The van der Waals surface area contributed by atoms with E-state index in [1.165, 1.54) is 29.4 Å². The topological polar surface area (TPSA) is 9.23 Å². The Morgan fingerprint density at radius 3 is 0.451 bits per heavy atom. The Kier molecular flexibility index (Phi) is 26.4. The van der Waals surface area contributed by atoms with Gasteiger partial charge < -0.3 is 0 Å². The van der Waals surface area contributed by atoms with E-state index in [0.29, 0.717) is 0 Å². The molecular weight excluding hydrogens is 657 g/mol. The zero-order valence-electron chi connectivity index (χ0n) is 33.5. The van der Waals surface area contributed by atoms with Crippen molar-refractivity contribution in [2.24, 2.45) is 0 Å². The van der Waals surface area contributed by atoms with Crippen molar-refractivity contribution >= 4 is 20.6 Å². The molecule has 0 aromatic heterocycles. The molecule has 0 saturated heterocycles. The molecule has 6 rings (SSSR count). The van der Waals surface area contributed by atoms with Crippen molar-refractivity contribution in [2.75, 3.05) is 0 Å². The van der Waals surface area contributed by atoms with Gasteiger partial charge in [0.05, 0.1) is 0 Å². The normalized spacial score (nSPS) is 10.3. The third kappa shape index (κ3) is 12.0. The highest BCUT2D eigenvalue weighted by Crippen LogP contribution is 2.82. The lowest BCUT2D eigenvalue weighted by molar-refractivity contribution is 0.672. The van der Waals surface area contributed by atoms with E-state index < -0.39 is 20.6 Å². The fourth-order valence-electron chi connectivity index (χ4n) is 4.88. The molecule has 0 atom stereocenters. The second kappa shape index (κ2) is 28.7. The lowest BCUT2D eigenvalue weighted by Gasteiger charge is -2.51. The molecule has 0 aliphatic rings. The van der Waals surface area contributed by atoms with Gasteiger partial charge in [0.2, 0.25) is 0 Å². The summed E-state index contributed by atoms with van der Waals surface area (Å²) in [7, 11) is -4.40. The first kappa shape index (κ1) is 47.0. The van der Waals surface area contributed by atoms with E-state index in [1.807, 2.05) is 83.1 Å². The van der Waals surface area contributed by atoms with Gasteiger partial charge in [0, 0.05) is 29.4 Å².